The predicted octanol–water partition coefficient (Wildman–Crippen LogP) is 2.54. The summed E-state index contributed by atoms with van der Waals surface area (Å²) in [5, 5.41) is 0. The molecular weight excluding hydrogens is 290 g/mol. The Balaban J connectivity index is 1.85. The lowest BCUT2D eigenvalue weighted by Crippen LogP contribution is -2.41. The minimum Gasteiger partial charge on any atom is -0.343 e. The number of carbonyl (C=O) groups excluding carboxylic acids is 1. The largest absolute Gasteiger partial charge is 0.343 e. The van der Waals surface area contributed by atoms with Gasteiger partial charge in [-0.05, 0) is 25.8 Å². The van der Waals surface area contributed by atoms with Gasteiger partial charge in [-0.25, -0.2) is 15.0 Å². The minimum absolute atomic E-state index is 0.0413. The van der Waals surface area contributed by atoms with Crippen molar-refractivity contribution in [3.8, 4) is 11.5 Å². The molecule has 2 aromatic rings. The van der Waals surface area contributed by atoms with E-state index >= 15 is 0 Å². The van der Waals surface area contributed by atoms with E-state index in [1.807, 2.05) is 31.7 Å². The van der Waals surface area contributed by atoms with E-state index in [1.165, 1.54) is 0 Å². The molecule has 6 heteroatoms. The Morgan fingerprint density at radius 2 is 2.22 bits per heavy atom. The molecule has 0 aromatic carbocycles. The summed E-state index contributed by atoms with van der Waals surface area (Å²) in [4.78, 5) is 30.7. The number of hydrogen-bond acceptors (Lipinski definition) is 4. The topological polar surface area (TPSA) is 74.8 Å². The Morgan fingerprint density at radius 3 is 2.91 bits per heavy atom. The standard InChI is InChI=1S/C17H23N5O/c1-11(2)17(23)22-8-4-5-13(10-22)14-9-15(21-12(3)20-14)16-18-6-7-19-16/h6-7,9,11,13H,4-5,8,10H2,1-3H3,(H,18,19). The van der Waals surface area contributed by atoms with Gasteiger partial charge in [0.15, 0.2) is 5.82 Å². The lowest BCUT2D eigenvalue weighted by Gasteiger charge is -2.33. The van der Waals surface area contributed by atoms with Crippen molar-refractivity contribution in [3.63, 3.8) is 0 Å². The van der Waals surface area contributed by atoms with Crippen molar-refractivity contribution >= 4 is 5.91 Å². The lowest BCUT2D eigenvalue weighted by molar-refractivity contribution is -0.135. The van der Waals surface area contributed by atoms with Crippen LogP contribution in [0.1, 0.15) is 44.1 Å². The highest BCUT2D eigenvalue weighted by Crippen LogP contribution is 2.28. The molecule has 1 amide bonds. The van der Waals surface area contributed by atoms with E-state index in [0.717, 1.165) is 49.0 Å². The van der Waals surface area contributed by atoms with Crippen LogP contribution in [-0.4, -0.2) is 43.8 Å². The van der Waals surface area contributed by atoms with E-state index < -0.39 is 0 Å². The van der Waals surface area contributed by atoms with Crippen molar-refractivity contribution in [3.05, 3.63) is 30.0 Å². The van der Waals surface area contributed by atoms with Crippen LogP contribution in [0.15, 0.2) is 18.5 Å². The molecule has 1 N–H and O–H groups in total. The van der Waals surface area contributed by atoms with Crippen molar-refractivity contribution in [2.24, 2.45) is 5.92 Å². The molecule has 1 unspecified atom stereocenters. The Hall–Kier alpha value is -2.24. The number of carbonyl (C=O) groups is 1. The zero-order chi connectivity index (χ0) is 16.4. The van der Waals surface area contributed by atoms with Gasteiger partial charge in [-0.2, -0.15) is 0 Å². The van der Waals surface area contributed by atoms with Crippen LogP contribution >= 0.6 is 0 Å². The molecule has 1 saturated heterocycles. The fraction of sp³-hybridized carbons (Fsp3) is 0.529. The molecule has 0 bridgehead atoms. The molecule has 6 nitrogen and oxygen atoms in total. The van der Waals surface area contributed by atoms with Crippen molar-refractivity contribution in [2.75, 3.05) is 13.1 Å². The van der Waals surface area contributed by atoms with Gasteiger partial charge in [0.25, 0.3) is 0 Å². The molecule has 0 saturated carbocycles. The number of nitrogens with one attached hydrogen (secondary N) is 1. The number of hydrogen-bond donors (Lipinski definition) is 1. The second-order valence-electron chi connectivity index (χ2n) is 6.44. The third-order valence-electron chi connectivity index (χ3n) is 4.24. The van der Waals surface area contributed by atoms with Crippen LogP contribution in [-0.2, 0) is 4.79 Å². The van der Waals surface area contributed by atoms with Gasteiger partial charge < -0.3 is 9.88 Å². The summed E-state index contributed by atoms with van der Waals surface area (Å²) in [6.07, 6.45) is 5.57. The van der Waals surface area contributed by atoms with E-state index in [-0.39, 0.29) is 17.7 Å². The van der Waals surface area contributed by atoms with Gasteiger partial charge >= 0.3 is 0 Å². The van der Waals surface area contributed by atoms with Gasteiger partial charge in [0.1, 0.15) is 11.5 Å². The summed E-state index contributed by atoms with van der Waals surface area (Å²) in [7, 11) is 0. The fourth-order valence-corrected chi connectivity index (χ4v) is 3.11. The van der Waals surface area contributed by atoms with Gasteiger partial charge in [0, 0.05) is 43.0 Å². The molecule has 1 atom stereocenters. The van der Waals surface area contributed by atoms with E-state index in [1.54, 1.807) is 12.4 Å². The summed E-state index contributed by atoms with van der Waals surface area (Å²) in [6, 6.07) is 2.00. The Kier molecular flexibility index (Phi) is 4.41. The molecule has 0 spiro atoms. The zero-order valence-corrected chi connectivity index (χ0v) is 13.9. The third-order valence-corrected chi connectivity index (χ3v) is 4.24. The first-order valence-corrected chi connectivity index (χ1v) is 8.18. The quantitative estimate of drug-likeness (QED) is 0.945. The van der Waals surface area contributed by atoms with E-state index in [0.29, 0.717) is 0 Å². The number of aromatic amines is 1. The number of nitrogens with zero attached hydrogens (tertiary/aromatic N) is 4. The number of piperidine rings is 1. The molecule has 2 aromatic heterocycles. The van der Waals surface area contributed by atoms with Crippen LogP contribution in [0.25, 0.3) is 11.5 Å². The van der Waals surface area contributed by atoms with Crippen LogP contribution in [0.5, 0.6) is 0 Å². The van der Waals surface area contributed by atoms with Crippen molar-refractivity contribution < 1.29 is 4.79 Å². The zero-order valence-electron chi connectivity index (χ0n) is 13.9. The van der Waals surface area contributed by atoms with Crippen LogP contribution in [0, 0.1) is 12.8 Å². The molecular formula is C17H23N5O. The first-order valence-electron chi connectivity index (χ1n) is 8.18. The molecule has 23 heavy (non-hydrogen) atoms. The molecule has 0 aliphatic carbocycles. The number of amides is 1. The molecule has 1 fully saturated rings. The van der Waals surface area contributed by atoms with Gasteiger partial charge in [-0.1, -0.05) is 13.8 Å². The van der Waals surface area contributed by atoms with Crippen LogP contribution in [0.4, 0.5) is 0 Å². The number of H-pyrrole nitrogens is 1. The first kappa shape index (κ1) is 15.6. The highest BCUT2D eigenvalue weighted by molar-refractivity contribution is 5.78. The Bertz CT molecular complexity index is 680. The molecule has 0 radical (unpaired) electrons. The number of rotatable bonds is 3. The van der Waals surface area contributed by atoms with E-state index in [2.05, 4.69) is 19.9 Å². The second-order valence-corrected chi connectivity index (χ2v) is 6.44. The number of aromatic nitrogens is 4. The van der Waals surface area contributed by atoms with E-state index in [9.17, 15) is 4.79 Å². The van der Waals surface area contributed by atoms with Crippen molar-refractivity contribution in [1.29, 1.82) is 0 Å². The maximum Gasteiger partial charge on any atom is 0.225 e. The second kappa shape index (κ2) is 6.48. The monoisotopic (exact) mass is 313 g/mol. The van der Waals surface area contributed by atoms with Crippen LogP contribution in [0.2, 0.25) is 0 Å². The normalized spacial score (nSPS) is 18.4. The molecule has 1 aliphatic heterocycles. The predicted molar refractivity (Wildman–Crippen MR) is 87.7 cm³/mol. The lowest BCUT2D eigenvalue weighted by atomic mass is 9.93. The summed E-state index contributed by atoms with van der Waals surface area (Å²) in [5.74, 6) is 2.03. The maximum atomic E-state index is 12.3. The number of likely N-dealkylation sites (tertiary alicyclic amines) is 1. The average Bonchev–Trinajstić information content (AvgIpc) is 3.08. The summed E-state index contributed by atoms with van der Waals surface area (Å²) in [6.45, 7) is 7.40. The SMILES string of the molecule is Cc1nc(-c2ncc[nH]2)cc(C2CCCN(C(=O)C(C)C)C2)n1. The van der Waals surface area contributed by atoms with Gasteiger partial charge in [0.2, 0.25) is 5.91 Å². The van der Waals surface area contributed by atoms with Gasteiger partial charge in [-0.3, -0.25) is 4.79 Å². The summed E-state index contributed by atoms with van der Waals surface area (Å²) >= 11 is 0. The minimum atomic E-state index is 0.0413. The van der Waals surface area contributed by atoms with E-state index in [4.69, 9.17) is 0 Å². The highest BCUT2D eigenvalue weighted by Gasteiger charge is 2.27. The maximum absolute atomic E-state index is 12.3. The van der Waals surface area contributed by atoms with Gasteiger partial charge in [-0.15, -0.1) is 0 Å². The van der Waals surface area contributed by atoms with Crippen LogP contribution < -0.4 is 0 Å². The van der Waals surface area contributed by atoms with Gasteiger partial charge in [0.05, 0.1) is 0 Å². The van der Waals surface area contributed by atoms with Crippen molar-refractivity contribution in [2.45, 2.75) is 39.5 Å². The Labute approximate surface area is 136 Å². The molecule has 3 rings (SSSR count). The summed E-state index contributed by atoms with van der Waals surface area (Å²) < 4.78 is 0. The fourth-order valence-electron chi connectivity index (χ4n) is 3.11. The smallest absolute Gasteiger partial charge is 0.225 e. The van der Waals surface area contributed by atoms with Crippen molar-refractivity contribution in [1.82, 2.24) is 24.8 Å². The molecule has 3 heterocycles. The van der Waals surface area contributed by atoms with Crippen LogP contribution in [0.3, 0.4) is 0 Å². The molecule has 1 aliphatic rings. The number of aryl methyl sites for hydroxylation is 1. The Morgan fingerprint density at radius 1 is 1.39 bits per heavy atom. The molecule has 122 valence electrons. The third kappa shape index (κ3) is 3.41. The number of imidazole rings is 1. The summed E-state index contributed by atoms with van der Waals surface area (Å²) in [5.41, 5.74) is 1.81. The first-order chi connectivity index (χ1) is 11.0. The highest BCUT2D eigenvalue weighted by atomic mass is 16.2. The average molecular weight is 313 g/mol.